The third-order valence-electron chi connectivity index (χ3n) is 7.57. The van der Waals surface area contributed by atoms with Crippen LogP contribution >= 0.6 is 0 Å². The van der Waals surface area contributed by atoms with Gasteiger partial charge in [0.05, 0.1) is 11.7 Å². The van der Waals surface area contributed by atoms with Crippen LogP contribution in [0.2, 0.25) is 0 Å². The monoisotopic (exact) mass is 482 g/mol. The third-order valence-corrected chi connectivity index (χ3v) is 7.57. The molecule has 0 saturated carbocycles. The number of amides is 2. The summed E-state index contributed by atoms with van der Waals surface area (Å²) in [6.45, 7) is 6.39. The van der Waals surface area contributed by atoms with E-state index in [4.69, 9.17) is 15.8 Å². The molecular formula is C23H34N10O2. The van der Waals surface area contributed by atoms with Crippen LogP contribution in [-0.2, 0) is 9.59 Å². The maximum absolute atomic E-state index is 13.6. The van der Waals surface area contributed by atoms with Crippen molar-refractivity contribution in [2.24, 2.45) is 5.73 Å². The summed E-state index contributed by atoms with van der Waals surface area (Å²) in [7, 11) is 0. The second kappa shape index (κ2) is 8.70. The normalized spacial score (nSPS) is 31.5. The Morgan fingerprint density at radius 1 is 1.20 bits per heavy atom. The highest BCUT2D eigenvalue weighted by Crippen LogP contribution is 2.32. The molecule has 4 fully saturated rings. The first-order valence-corrected chi connectivity index (χ1v) is 12.7. The number of anilines is 1. The standard InChI is InChI=1S/C23H34N10O2/c1-13-11-32-18(26-21(13)30-8-6-15(24)12-30)10-16(28-32)17-5-3-4-7-31(17)22(35)20-27-23-25-14(2)9-19(34)33(23)29-20/h10-11,14-15,17,20,23,25,27,29H,3-9,12,24H2,1-2H3/t14?,15-,17-,20?,23?/m0/s1. The van der Waals surface area contributed by atoms with Crippen molar-refractivity contribution in [2.75, 3.05) is 24.5 Å². The molecule has 4 saturated heterocycles. The van der Waals surface area contributed by atoms with Crippen LogP contribution in [0.15, 0.2) is 12.3 Å². The lowest BCUT2D eigenvalue weighted by atomic mass is 9.99. The van der Waals surface area contributed by atoms with Gasteiger partial charge in [-0.15, -0.1) is 0 Å². The average Bonchev–Trinajstić information content (AvgIpc) is 3.56. The Balaban J connectivity index is 1.24. The Morgan fingerprint density at radius 2 is 2.06 bits per heavy atom. The van der Waals surface area contributed by atoms with Gasteiger partial charge < -0.3 is 15.5 Å². The topological polar surface area (TPSA) is 136 Å². The maximum Gasteiger partial charge on any atom is 0.256 e. The fraction of sp³-hybridized carbons (Fsp3) is 0.652. The zero-order valence-electron chi connectivity index (χ0n) is 20.3. The summed E-state index contributed by atoms with van der Waals surface area (Å²) in [5.41, 5.74) is 11.9. The van der Waals surface area contributed by atoms with Gasteiger partial charge in [-0.2, -0.15) is 5.10 Å². The van der Waals surface area contributed by atoms with Crippen molar-refractivity contribution in [2.45, 2.75) is 76.5 Å². The number of fused-ring (bicyclic) bond motifs is 2. The zero-order chi connectivity index (χ0) is 24.3. The summed E-state index contributed by atoms with van der Waals surface area (Å²) in [6.07, 6.45) is 5.15. The van der Waals surface area contributed by atoms with Crippen LogP contribution < -0.4 is 26.7 Å². The van der Waals surface area contributed by atoms with Crippen LogP contribution in [-0.4, -0.2) is 80.5 Å². The van der Waals surface area contributed by atoms with E-state index in [2.05, 4.69) is 21.0 Å². The number of nitrogens with two attached hydrogens (primary N) is 1. The van der Waals surface area contributed by atoms with Crippen molar-refractivity contribution in [3.8, 4) is 0 Å². The molecule has 0 aromatic carbocycles. The largest absolute Gasteiger partial charge is 0.355 e. The Hall–Kier alpha value is -2.80. The number of aryl methyl sites for hydroxylation is 1. The van der Waals surface area contributed by atoms with E-state index in [1.165, 1.54) is 5.01 Å². The number of nitrogens with zero attached hydrogens (tertiary/aromatic N) is 6. The minimum atomic E-state index is -0.661. The Morgan fingerprint density at radius 3 is 2.86 bits per heavy atom. The summed E-state index contributed by atoms with van der Waals surface area (Å²) in [5, 5.41) is 12.9. The van der Waals surface area contributed by atoms with Gasteiger partial charge >= 0.3 is 0 Å². The minimum absolute atomic E-state index is 0.0178. The molecule has 35 heavy (non-hydrogen) atoms. The highest BCUT2D eigenvalue weighted by molar-refractivity contribution is 5.84. The van der Waals surface area contributed by atoms with Crippen LogP contribution in [0.25, 0.3) is 5.65 Å². The van der Waals surface area contributed by atoms with E-state index in [0.29, 0.717) is 13.0 Å². The molecule has 4 aliphatic rings. The molecule has 3 unspecified atom stereocenters. The van der Waals surface area contributed by atoms with Crippen LogP contribution in [0.4, 0.5) is 5.82 Å². The Labute approximate surface area is 204 Å². The second-order valence-electron chi connectivity index (χ2n) is 10.3. The smallest absolute Gasteiger partial charge is 0.256 e. The van der Waals surface area contributed by atoms with Crippen molar-refractivity contribution in [3.05, 3.63) is 23.5 Å². The number of rotatable bonds is 3. The molecule has 5 N–H and O–H groups in total. The van der Waals surface area contributed by atoms with E-state index >= 15 is 0 Å². The first-order valence-electron chi connectivity index (χ1n) is 12.7. The number of nitrogens with one attached hydrogen (secondary N) is 3. The van der Waals surface area contributed by atoms with E-state index < -0.39 is 6.17 Å². The van der Waals surface area contributed by atoms with Crippen LogP contribution in [0.3, 0.4) is 0 Å². The van der Waals surface area contributed by atoms with Gasteiger partial charge in [-0.1, -0.05) is 0 Å². The quantitative estimate of drug-likeness (QED) is 0.459. The van der Waals surface area contributed by atoms with E-state index in [1.54, 1.807) is 0 Å². The number of piperidine rings is 1. The molecule has 2 amide bonds. The molecule has 6 heterocycles. The lowest BCUT2D eigenvalue weighted by Gasteiger charge is -2.36. The number of hydrogen-bond acceptors (Lipinski definition) is 9. The van der Waals surface area contributed by atoms with Crippen molar-refractivity contribution in [3.63, 3.8) is 0 Å². The van der Waals surface area contributed by atoms with E-state index in [0.717, 1.165) is 61.5 Å². The van der Waals surface area contributed by atoms with Gasteiger partial charge in [0.1, 0.15) is 5.82 Å². The number of hydrogen-bond donors (Lipinski definition) is 4. The Bertz CT molecular complexity index is 1150. The van der Waals surface area contributed by atoms with E-state index in [1.807, 2.05) is 35.5 Å². The molecule has 0 bridgehead atoms. The molecule has 12 heteroatoms. The highest BCUT2D eigenvalue weighted by atomic mass is 16.2. The van der Waals surface area contributed by atoms with Gasteiger partial charge in [0.25, 0.3) is 5.91 Å². The molecule has 2 aromatic rings. The van der Waals surface area contributed by atoms with Crippen molar-refractivity contribution in [1.29, 1.82) is 0 Å². The SMILES string of the molecule is Cc1cn2nc([C@@H]3CCCCN3C(=O)C3NC4NC(C)CC(=O)N4N3)cc2nc1N1CC[C@H](N)C1. The molecule has 6 rings (SSSR count). The van der Waals surface area contributed by atoms with Gasteiger partial charge in [-0.25, -0.2) is 19.9 Å². The summed E-state index contributed by atoms with van der Waals surface area (Å²) in [6, 6.07) is 2.11. The lowest BCUT2D eigenvalue weighted by Crippen LogP contribution is -2.60. The van der Waals surface area contributed by atoms with Crippen LogP contribution in [0.5, 0.6) is 0 Å². The number of likely N-dealkylation sites (tertiary alicyclic amines) is 1. The van der Waals surface area contributed by atoms with Gasteiger partial charge in [-0.05, 0) is 39.5 Å². The molecule has 0 aliphatic carbocycles. The third kappa shape index (κ3) is 4.03. The number of carbonyl (C=O) groups excluding carboxylic acids is 2. The summed E-state index contributed by atoms with van der Waals surface area (Å²) in [4.78, 5) is 35.1. The van der Waals surface area contributed by atoms with Gasteiger partial charge in [0.2, 0.25) is 5.91 Å². The Kier molecular flexibility index (Phi) is 5.63. The first kappa shape index (κ1) is 22.7. The van der Waals surface area contributed by atoms with Crippen molar-refractivity contribution >= 4 is 23.3 Å². The minimum Gasteiger partial charge on any atom is -0.355 e. The lowest BCUT2D eigenvalue weighted by molar-refractivity contribution is -0.141. The molecule has 2 aromatic heterocycles. The van der Waals surface area contributed by atoms with Gasteiger partial charge in [-0.3, -0.25) is 20.2 Å². The molecule has 4 aliphatic heterocycles. The summed E-state index contributed by atoms with van der Waals surface area (Å²) >= 11 is 0. The molecular weight excluding hydrogens is 448 g/mol. The molecule has 5 atom stereocenters. The van der Waals surface area contributed by atoms with Crippen molar-refractivity contribution in [1.82, 2.24) is 40.6 Å². The fourth-order valence-electron chi connectivity index (χ4n) is 5.79. The van der Waals surface area contributed by atoms with Gasteiger partial charge in [0.15, 0.2) is 18.1 Å². The first-order chi connectivity index (χ1) is 16.9. The van der Waals surface area contributed by atoms with E-state index in [-0.39, 0.29) is 36.2 Å². The fourth-order valence-corrected chi connectivity index (χ4v) is 5.79. The van der Waals surface area contributed by atoms with Crippen molar-refractivity contribution < 1.29 is 9.59 Å². The zero-order valence-corrected chi connectivity index (χ0v) is 20.3. The van der Waals surface area contributed by atoms with Crippen LogP contribution in [0.1, 0.15) is 56.3 Å². The number of hydrazine groups is 1. The molecule has 0 spiro atoms. The average molecular weight is 483 g/mol. The number of carbonyl (C=O) groups is 2. The number of aromatic nitrogens is 3. The molecule has 12 nitrogen and oxygen atoms in total. The predicted molar refractivity (Wildman–Crippen MR) is 129 cm³/mol. The summed E-state index contributed by atoms with van der Waals surface area (Å²) in [5.74, 6) is 0.867. The maximum atomic E-state index is 13.6. The summed E-state index contributed by atoms with van der Waals surface area (Å²) < 4.78 is 1.82. The predicted octanol–water partition coefficient (Wildman–Crippen LogP) is -0.443. The highest BCUT2D eigenvalue weighted by Gasteiger charge is 2.44. The van der Waals surface area contributed by atoms with E-state index in [9.17, 15) is 9.59 Å². The van der Waals surface area contributed by atoms with Gasteiger partial charge in [0, 0.05) is 56.0 Å². The van der Waals surface area contributed by atoms with Crippen LogP contribution in [0, 0.1) is 6.92 Å². The second-order valence-corrected chi connectivity index (χ2v) is 10.3. The molecule has 0 radical (unpaired) electrons. The molecule has 188 valence electrons.